The molecule has 0 saturated heterocycles. The minimum absolute atomic E-state index is 0.134. The van der Waals surface area contributed by atoms with Crippen LogP contribution in [0.15, 0.2) is 27.8 Å². The number of anilines is 1. The van der Waals surface area contributed by atoms with Crippen LogP contribution < -0.4 is 10.9 Å². The summed E-state index contributed by atoms with van der Waals surface area (Å²) >= 11 is 1.50. The molecule has 1 amide bonds. The number of aryl methyl sites for hydroxylation is 1. The van der Waals surface area contributed by atoms with Gasteiger partial charge in [0, 0.05) is 16.4 Å². The third-order valence-corrected chi connectivity index (χ3v) is 4.96. The molecule has 0 atom stereocenters. The first-order valence-electron chi connectivity index (χ1n) is 8.03. The minimum atomic E-state index is -0.370. The minimum Gasteiger partial charge on any atom is -0.338 e. The van der Waals surface area contributed by atoms with Crippen LogP contribution in [0, 0.1) is 0 Å². The zero-order valence-electron chi connectivity index (χ0n) is 14.6. The summed E-state index contributed by atoms with van der Waals surface area (Å²) in [6.07, 6.45) is 2.25. The largest absolute Gasteiger partial charge is 0.338 e. The van der Waals surface area contributed by atoms with Crippen molar-refractivity contribution in [3.05, 3.63) is 39.4 Å². The van der Waals surface area contributed by atoms with Gasteiger partial charge in [0.2, 0.25) is 11.8 Å². The molecule has 0 saturated carbocycles. The molecule has 7 nitrogen and oxygen atoms in total. The van der Waals surface area contributed by atoms with Gasteiger partial charge in [-0.05, 0) is 12.5 Å². The van der Waals surface area contributed by atoms with E-state index in [2.05, 4.69) is 15.5 Å². The van der Waals surface area contributed by atoms with Crippen molar-refractivity contribution in [2.75, 3.05) is 5.32 Å². The van der Waals surface area contributed by atoms with Crippen molar-refractivity contribution < 1.29 is 9.32 Å². The van der Waals surface area contributed by atoms with Crippen LogP contribution >= 0.6 is 11.3 Å². The van der Waals surface area contributed by atoms with Crippen molar-refractivity contribution in [2.24, 2.45) is 0 Å². The van der Waals surface area contributed by atoms with Crippen LogP contribution in [-0.4, -0.2) is 20.6 Å². The molecule has 0 aliphatic heterocycles. The Bertz CT molecular complexity index is 978. The quantitative estimate of drug-likeness (QED) is 0.772. The summed E-state index contributed by atoms with van der Waals surface area (Å²) in [7, 11) is 0. The summed E-state index contributed by atoms with van der Waals surface area (Å²) in [6.45, 7) is 7.90. The van der Waals surface area contributed by atoms with Gasteiger partial charge >= 0.3 is 0 Å². The molecule has 8 heteroatoms. The number of fused-ring (bicyclic) bond motifs is 1. The van der Waals surface area contributed by atoms with E-state index in [4.69, 9.17) is 4.52 Å². The fraction of sp³-hybridized carbons (Fsp3) is 0.412. The van der Waals surface area contributed by atoms with Crippen molar-refractivity contribution in [1.82, 2.24) is 14.7 Å². The van der Waals surface area contributed by atoms with E-state index in [1.807, 2.05) is 33.8 Å². The van der Waals surface area contributed by atoms with E-state index < -0.39 is 0 Å². The monoisotopic (exact) mass is 360 g/mol. The standard InChI is InChI=1S/C17H20N4O3S/c1-5-10-6-11-15(25-10)18-9-21(16(11)23)8-13(22)19-14-7-12(20-24-14)17(2,3)4/h6-7,9H,5,8H2,1-4H3,(H,19,22). The van der Waals surface area contributed by atoms with E-state index in [9.17, 15) is 9.59 Å². The topological polar surface area (TPSA) is 90.0 Å². The van der Waals surface area contributed by atoms with Gasteiger partial charge in [-0.25, -0.2) is 4.98 Å². The number of amides is 1. The van der Waals surface area contributed by atoms with Gasteiger partial charge in [-0.3, -0.25) is 19.5 Å². The highest BCUT2D eigenvalue weighted by atomic mass is 32.1. The molecule has 3 heterocycles. The van der Waals surface area contributed by atoms with Crippen molar-refractivity contribution >= 4 is 33.3 Å². The maximum atomic E-state index is 12.5. The highest BCUT2D eigenvalue weighted by Gasteiger charge is 2.20. The second kappa shape index (κ2) is 6.44. The predicted molar refractivity (Wildman–Crippen MR) is 97.1 cm³/mol. The highest BCUT2D eigenvalue weighted by Crippen LogP contribution is 2.24. The summed E-state index contributed by atoms with van der Waals surface area (Å²) in [6, 6.07) is 3.53. The number of thiophene rings is 1. The maximum Gasteiger partial charge on any atom is 0.262 e. The summed E-state index contributed by atoms with van der Waals surface area (Å²) in [5, 5.41) is 7.12. The molecular weight excluding hydrogens is 340 g/mol. The molecule has 1 N–H and O–H groups in total. The van der Waals surface area contributed by atoms with Crippen LogP contribution in [0.4, 0.5) is 5.88 Å². The summed E-state index contributed by atoms with van der Waals surface area (Å²) in [5.41, 5.74) is 0.353. The lowest BCUT2D eigenvalue weighted by Gasteiger charge is -2.12. The average molecular weight is 360 g/mol. The molecule has 25 heavy (non-hydrogen) atoms. The van der Waals surface area contributed by atoms with Gasteiger partial charge in [0.25, 0.3) is 5.56 Å². The number of nitrogens with one attached hydrogen (secondary N) is 1. The zero-order valence-corrected chi connectivity index (χ0v) is 15.4. The summed E-state index contributed by atoms with van der Waals surface area (Å²) in [4.78, 5) is 30.8. The van der Waals surface area contributed by atoms with Crippen LogP contribution in [0.2, 0.25) is 0 Å². The molecule has 0 aliphatic rings. The molecule has 0 bridgehead atoms. The number of carbonyl (C=O) groups is 1. The first kappa shape index (κ1) is 17.3. The van der Waals surface area contributed by atoms with Gasteiger partial charge in [-0.15, -0.1) is 11.3 Å². The number of nitrogens with zero attached hydrogens (tertiary/aromatic N) is 3. The molecule has 132 valence electrons. The lowest BCUT2D eigenvalue weighted by Crippen LogP contribution is -2.27. The van der Waals surface area contributed by atoms with E-state index in [-0.39, 0.29) is 29.3 Å². The third-order valence-electron chi connectivity index (χ3n) is 3.77. The molecule has 0 aliphatic carbocycles. The first-order chi connectivity index (χ1) is 11.8. The van der Waals surface area contributed by atoms with Crippen molar-refractivity contribution in [2.45, 2.75) is 46.1 Å². The normalized spacial score (nSPS) is 11.8. The van der Waals surface area contributed by atoms with Gasteiger partial charge in [0.05, 0.1) is 17.4 Å². The SMILES string of the molecule is CCc1cc2c(=O)n(CC(=O)Nc3cc(C(C)(C)C)no3)cnc2s1. The number of aromatic nitrogens is 3. The Morgan fingerprint density at radius 3 is 2.76 bits per heavy atom. The molecular formula is C17H20N4O3S. The zero-order chi connectivity index (χ0) is 18.2. The summed E-state index contributed by atoms with van der Waals surface area (Å²) in [5.74, 6) is -0.105. The second-order valence-corrected chi connectivity index (χ2v) is 7.95. The Kier molecular flexibility index (Phi) is 4.47. The molecule has 3 rings (SSSR count). The Morgan fingerprint density at radius 2 is 2.12 bits per heavy atom. The molecule has 0 radical (unpaired) electrons. The van der Waals surface area contributed by atoms with E-state index in [1.165, 1.54) is 22.2 Å². The van der Waals surface area contributed by atoms with Gasteiger partial charge in [0.15, 0.2) is 0 Å². The average Bonchev–Trinajstić information content (AvgIpc) is 3.16. The fourth-order valence-electron chi connectivity index (χ4n) is 2.32. The van der Waals surface area contributed by atoms with Gasteiger partial charge in [-0.1, -0.05) is 32.9 Å². The van der Waals surface area contributed by atoms with Crippen LogP contribution in [0.5, 0.6) is 0 Å². The Balaban J connectivity index is 1.77. The van der Waals surface area contributed by atoms with Crippen LogP contribution in [-0.2, 0) is 23.2 Å². The molecule has 0 fully saturated rings. The van der Waals surface area contributed by atoms with E-state index >= 15 is 0 Å². The Labute approximate surface area is 148 Å². The van der Waals surface area contributed by atoms with Crippen LogP contribution in [0.25, 0.3) is 10.2 Å². The second-order valence-electron chi connectivity index (χ2n) is 6.84. The molecule has 0 spiro atoms. The van der Waals surface area contributed by atoms with Crippen molar-refractivity contribution in [3.63, 3.8) is 0 Å². The van der Waals surface area contributed by atoms with Crippen LogP contribution in [0.3, 0.4) is 0 Å². The number of hydrogen-bond acceptors (Lipinski definition) is 6. The maximum absolute atomic E-state index is 12.5. The van der Waals surface area contributed by atoms with Gasteiger partial charge in [-0.2, -0.15) is 0 Å². The predicted octanol–water partition coefficient (Wildman–Crippen LogP) is 2.94. The fourth-order valence-corrected chi connectivity index (χ4v) is 3.24. The van der Waals surface area contributed by atoms with Crippen molar-refractivity contribution in [3.8, 4) is 0 Å². The Hall–Kier alpha value is -2.48. The third kappa shape index (κ3) is 3.63. The van der Waals surface area contributed by atoms with Crippen molar-refractivity contribution in [1.29, 1.82) is 0 Å². The van der Waals surface area contributed by atoms with E-state index in [0.29, 0.717) is 10.2 Å². The number of hydrogen-bond donors (Lipinski definition) is 1. The van der Waals surface area contributed by atoms with Crippen LogP contribution in [0.1, 0.15) is 38.3 Å². The molecule has 3 aromatic rings. The highest BCUT2D eigenvalue weighted by molar-refractivity contribution is 7.18. The summed E-state index contributed by atoms with van der Waals surface area (Å²) < 4.78 is 6.43. The van der Waals surface area contributed by atoms with E-state index in [1.54, 1.807) is 6.07 Å². The molecule has 0 unspecified atom stereocenters. The van der Waals surface area contributed by atoms with Gasteiger partial charge in [0.1, 0.15) is 11.4 Å². The first-order valence-corrected chi connectivity index (χ1v) is 8.84. The molecule has 0 aromatic carbocycles. The Morgan fingerprint density at radius 1 is 1.36 bits per heavy atom. The number of rotatable bonds is 4. The molecule has 3 aromatic heterocycles. The smallest absolute Gasteiger partial charge is 0.262 e. The van der Waals surface area contributed by atoms with Gasteiger partial charge < -0.3 is 4.52 Å². The lowest BCUT2D eigenvalue weighted by atomic mass is 9.92. The van der Waals surface area contributed by atoms with E-state index in [0.717, 1.165) is 17.0 Å². The number of carbonyl (C=O) groups excluding carboxylic acids is 1. The lowest BCUT2D eigenvalue weighted by molar-refractivity contribution is -0.116.